The molecule has 2 heterocycles. The molecule has 0 unspecified atom stereocenters. The molecule has 8 aromatic carbocycles. The third-order valence-corrected chi connectivity index (χ3v) is 9.70. The Morgan fingerprint density at radius 2 is 0.873 bits per heavy atom. The number of hydrogen-bond donors (Lipinski definition) is 0. The maximum Gasteiger partial charge on any atom is 0.164 e. The molecule has 0 aliphatic heterocycles. The molecule has 55 heavy (non-hydrogen) atoms. The minimum Gasteiger partial charge on any atom is -0.456 e. The lowest BCUT2D eigenvalue weighted by Gasteiger charge is -2.14. The van der Waals surface area contributed by atoms with Crippen LogP contribution in [0.1, 0.15) is 8.22 Å². The first kappa shape index (κ1) is 26.4. The summed E-state index contributed by atoms with van der Waals surface area (Å²) in [6.45, 7) is 0. The summed E-state index contributed by atoms with van der Waals surface area (Å²) in [4.78, 5) is 15.0. The Bertz CT molecular complexity index is 3220. The van der Waals surface area contributed by atoms with Crippen LogP contribution in [0, 0.1) is 0 Å². The molecule has 0 N–H and O–H groups in total. The van der Waals surface area contributed by atoms with Gasteiger partial charge in [-0.1, -0.05) is 176 Å². The number of rotatable bonds is 7. The Morgan fingerprint density at radius 3 is 1.49 bits per heavy atom. The largest absolute Gasteiger partial charge is 0.456 e. The molecule has 10 rings (SSSR count). The number of hydrogen-bond acceptors (Lipinski definition) is 4. The van der Waals surface area contributed by atoms with Gasteiger partial charge in [0.15, 0.2) is 17.5 Å². The van der Waals surface area contributed by atoms with E-state index < -0.39 is 0 Å². The summed E-state index contributed by atoms with van der Waals surface area (Å²) in [7, 11) is 0. The standard InChI is InChI=1S/C51H33N3O/c1-4-16-34(17-5-1)37-22-14-23-38(32-37)42-28-15-29-46-48(42)45-31-30-39(33-47(45)55-46)49-52-50(43-26-12-10-24-40(43)35-18-6-2-7-19-35)54-51(53-49)44-27-13-11-25-41(44)36-20-8-3-9-21-36/h1-33H/i15D,28D,29D,30D,31D,33D. The van der Waals surface area contributed by atoms with Crippen LogP contribution in [0.3, 0.4) is 0 Å². The van der Waals surface area contributed by atoms with Crippen molar-refractivity contribution in [2.24, 2.45) is 0 Å². The van der Waals surface area contributed by atoms with Gasteiger partial charge in [-0.3, -0.25) is 0 Å². The number of benzene rings is 8. The van der Waals surface area contributed by atoms with Gasteiger partial charge in [0.2, 0.25) is 0 Å². The number of furan rings is 1. The summed E-state index contributed by atoms with van der Waals surface area (Å²) in [6, 6.07) is 50.9. The van der Waals surface area contributed by atoms with Crippen molar-refractivity contribution in [1.82, 2.24) is 15.0 Å². The fourth-order valence-corrected chi connectivity index (χ4v) is 7.08. The van der Waals surface area contributed by atoms with E-state index in [0.29, 0.717) is 28.3 Å². The first-order chi connectivity index (χ1) is 29.8. The Balaban J connectivity index is 1.25. The molecule has 0 aliphatic carbocycles. The van der Waals surface area contributed by atoms with Gasteiger partial charge in [-0.05, 0) is 68.7 Å². The van der Waals surface area contributed by atoms with Gasteiger partial charge in [0, 0.05) is 27.5 Å². The van der Waals surface area contributed by atoms with E-state index in [9.17, 15) is 4.11 Å². The van der Waals surface area contributed by atoms with Crippen molar-refractivity contribution >= 4 is 21.9 Å². The highest BCUT2D eigenvalue weighted by atomic mass is 16.3. The molecule has 0 bridgehead atoms. The van der Waals surface area contributed by atoms with E-state index in [2.05, 4.69) is 0 Å². The topological polar surface area (TPSA) is 51.8 Å². The second-order valence-electron chi connectivity index (χ2n) is 13.1. The monoisotopic (exact) mass is 709 g/mol. The highest BCUT2D eigenvalue weighted by Gasteiger charge is 2.19. The zero-order chi connectivity index (χ0) is 41.8. The van der Waals surface area contributed by atoms with Crippen LogP contribution in [0.5, 0.6) is 0 Å². The fourth-order valence-electron chi connectivity index (χ4n) is 7.08. The Hall–Kier alpha value is -7.43. The predicted molar refractivity (Wildman–Crippen MR) is 225 cm³/mol. The highest BCUT2D eigenvalue weighted by Crippen LogP contribution is 2.40. The first-order valence-electron chi connectivity index (χ1n) is 21.0. The minimum absolute atomic E-state index is 0.000768. The van der Waals surface area contributed by atoms with E-state index in [0.717, 1.165) is 33.4 Å². The van der Waals surface area contributed by atoms with Crippen molar-refractivity contribution in [2.45, 2.75) is 0 Å². The molecule has 0 radical (unpaired) electrons. The third-order valence-electron chi connectivity index (χ3n) is 9.70. The molecule has 0 saturated carbocycles. The molecule has 4 nitrogen and oxygen atoms in total. The van der Waals surface area contributed by atoms with Crippen LogP contribution in [0.15, 0.2) is 204 Å². The van der Waals surface area contributed by atoms with Crippen LogP contribution >= 0.6 is 0 Å². The average molecular weight is 710 g/mol. The van der Waals surface area contributed by atoms with Gasteiger partial charge in [-0.25, -0.2) is 15.0 Å². The molecule has 4 heteroatoms. The molecular weight excluding hydrogens is 671 g/mol. The van der Waals surface area contributed by atoms with Gasteiger partial charge in [0.1, 0.15) is 11.2 Å². The molecule has 0 saturated heterocycles. The highest BCUT2D eigenvalue weighted by molar-refractivity contribution is 6.13. The molecule has 0 atom stereocenters. The maximum atomic E-state index is 9.70. The Labute approximate surface area is 327 Å². The Morgan fingerprint density at radius 1 is 0.364 bits per heavy atom. The molecular formula is C51H33N3O. The maximum absolute atomic E-state index is 9.70. The van der Waals surface area contributed by atoms with Crippen LogP contribution in [0.4, 0.5) is 0 Å². The lowest BCUT2D eigenvalue weighted by atomic mass is 9.95. The molecule has 0 fully saturated rings. The second kappa shape index (κ2) is 13.8. The van der Waals surface area contributed by atoms with Crippen LogP contribution in [-0.4, -0.2) is 15.0 Å². The number of aromatic nitrogens is 3. The zero-order valence-corrected chi connectivity index (χ0v) is 29.3. The van der Waals surface area contributed by atoms with Crippen molar-refractivity contribution in [3.63, 3.8) is 0 Å². The summed E-state index contributed by atoms with van der Waals surface area (Å²) >= 11 is 0. The van der Waals surface area contributed by atoms with Crippen molar-refractivity contribution in [1.29, 1.82) is 0 Å². The smallest absolute Gasteiger partial charge is 0.164 e. The van der Waals surface area contributed by atoms with E-state index >= 15 is 0 Å². The zero-order valence-electron chi connectivity index (χ0n) is 35.3. The van der Waals surface area contributed by atoms with E-state index in [1.54, 1.807) is 0 Å². The molecule has 0 spiro atoms. The minimum atomic E-state index is -0.350. The molecule has 10 aromatic rings. The number of fused-ring (bicyclic) bond motifs is 3. The van der Waals surface area contributed by atoms with E-state index in [1.807, 2.05) is 164 Å². The lowest BCUT2D eigenvalue weighted by Crippen LogP contribution is -2.02. The quantitative estimate of drug-likeness (QED) is 0.165. The predicted octanol–water partition coefficient (Wildman–Crippen LogP) is 13.4. The summed E-state index contributed by atoms with van der Waals surface area (Å²) in [6.07, 6.45) is 0. The van der Waals surface area contributed by atoms with Crippen LogP contribution in [0.2, 0.25) is 0 Å². The summed E-state index contributed by atoms with van der Waals surface area (Å²) in [5, 5.41) is 0.338. The second-order valence-corrected chi connectivity index (χ2v) is 13.1. The van der Waals surface area contributed by atoms with Crippen LogP contribution < -0.4 is 0 Å². The van der Waals surface area contributed by atoms with Crippen LogP contribution in [0.25, 0.3) is 101 Å². The lowest BCUT2D eigenvalue weighted by molar-refractivity contribution is 0.669. The molecule has 0 amide bonds. The average Bonchev–Trinajstić information content (AvgIpc) is 3.72. The third kappa shape index (κ3) is 6.06. The molecule has 2 aromatic heterocycles. The molecule has 258 valence electrons. The van der Waals surface area contributed by atoms with Crippen LogP contribution in [-0.2, 0) is 0 Å². The summed E-state index contributed by atoms with van der Waals surface area (Å²) in [5.74, 6) is 0.619. The van der Waals surface area contributed by atoms with Gasteiger partial charge < -0.3 is 4.42 Å². The Kier molecular flexibility index (Phi) is 6.63. The van der Waals surface area contributed by atoms with E-state index in [-0.39, 0.29) is 75.1 Å². The van der Waals surface area contributed by atoms with Crippen molar-refractivity contribution < 1.29 is 12.6 Å². The SMILES string of the molecule is [2H]c1c([2H])c(-c2cccc(-c3ccccc3)c2)c2c(oc3c([2H])c(-c4nc(-c5ccccc5-c5ccccc5)nc(-c5ccccc5-c5ccccc5)n4)c([2H])c([2H])c32)c1[2H]. The normalized spacial score (nSPS) is 12.8. The van der Waals surface area contributed by atoms with Crippen molar-refractivity contribution in [2.75, 3.05) is 0 Å². The van der Waals surface area contributed by atoms with Crippen molar-refractivity contribution in [3.8, 4) is 78.7 Å². The number of nitrogens with zero attached hydrogens (tertiary/aromatic N) is 3. The van der Waals surface area contributed by atoms with E-state index in [1.165, 1.54) is 0 Å². The van der Waals surface area contributed by atoms with Gasteiger partial charge in [-0.2, -0.15) is 0 Å². The molecule has 0 aliphatic rings. The van der Waals surface area contributed by atoms with Gasteiger partial charge in [0.25, 0.3) is 0 Å². The fraction of sp³-hybridized carbons (Fsp3) is 0. The van der Waals surface area contributed by atoms with E-state index in [4.69, 9.17) is 23.5 Å². The summed E-state index contributed by atoms with van der Waals surface area (Å²) in [5.41, 5.74) is 7.59. The first-order valence-corrected chi connectivity index (χ1v) is 18.0. The van der Waals surface area contributed by atoms with Gasteiger partial charge >= 0.3 is 0 Å². The van der Waals surface area contributed by atoms with Gasteiger partial charge in [-0.15, -0.1) is 0 Å². The summed E-state index contributed by atoms with van der Waals surface area (Å²) < 4.78 is 62.1. The van der Waals surface area contributed by atoms with Gasteiger partial charge in [0.05, 0.1) is 8.22 Å². The van der Waals surface area contributed by atoms with Crippen molar-refractivity contribution in [3.05, 3.63) is 200 Å².